The first-order valence-electron chi connectivity index (χ1n) is 10.8. The second kappa shape index (κ2) is 10.7. The second-order valence-corrected chi connectivity index (χ2v) is 9.50. The van der Waals surface area contributed by atoms with Crippen molar-refractivity contribution in [3.05, 3.63) is 48.0 Å². The molecular weight excluding hydrogens is 430 g/mol. The average Bonchev–Trinajstić information content (AvgIpc) is 3.34. The van der Waals surface area contributed by atoms with Gasteiger partial charge in [-0.05, 0) is 51.0 Å². The minimum atomic E-state index is -3.66. The van der Waals surface area contributed by atoms with Crippen molar-refractivity contribution < 1.29 is 22.7 Å². The van der Waals surface area contributed by atoms with Crippen LogP contribution in [0.1, 0.15) is 38.3 Å². The van der Waals surface area contributed by atoms with Crippen LogP contribution < -0.4 is 20.1 Å². The predicted molar refractivity (Wildman–Crippen MR) is 124 cm³/mol. The number of sulfonamides is 1. The molecule has 1 aliphatic heterocycles. The van der Waals surface area contributed by atoms with Crippen LogP contribution in [-0.4, -0.2) is 52.0 Å². The van der Waals surface area contributed by atoms with Crippen molar-refractivity contribution in [1.29, 1.82) is 0 Å². The number of nitrogens with zero attached hydrogens (tertiary/aromatic N) is 1. The first kappa shape index (κ1) is 23.9. The van der Waals surface area contributed by atoms with Gasteiger partial charge in [-0.3, -0.25) is 4.79 Å². The molecule has 1 fully saturated rings. The molecule has 0 aliphatic carbocycles. The third-order valence-electron chi connectivity index (χ3n) is 5.36. The summed E-state index contributed by atoms with van der Waals surface area (Å²) in [4.78, 5) is 12.6. The number of benzene rings is 2. The molecule has 3 rings (SSSR count). The fourth-order valence-electron chi connectivity index (χ4n) is 3.74. The van der Waals surface area contributed by atoms with Gasteiger partial charge in [0.15, 0.2) is 0 Å². The van der Waals surface area contributed by atoms with E-state index in [9.17, 15) is 13.2 Å². The molecule has 1 unspecified atom stereocenters. The predicted octanol–water partition coefficient (Wildman–Crippen LogP) is 3.17. The van der Waals surface area contributed by atoms with Gasteiger partial charge in [-0.1, -0.05) is 18.2 Å². The van der Waals surface area contributed by atoms with Crippen LogP contribution in [0.3, 0.4) is 0 Å². The number of nitrogens with one attached hydrogen (secondary N) is 2. The lowest BCUT2D eigenvalue weighted by Gasteiger charge is -2.20. The highest BCUT2D eigenvalue weighted by molar-refractivity contribution is 7.89. The van der Waals surface area contributed by atoms with E-state index in [4.69, 9.17) is 9.47 Å². The Bertz CT molecular complexity index is 1040. The average molecular weight is 462 g/mol. The van der Waals surface area contributed by atoms with Crippen LogP contribution in [0.2, 0.25) is 0 Å². The Balaban J connectivity index is 1.70. The van der Waals surface area contributed by atoms with Gasteiger partial charge in [0.1, 0.15) is 16.4 Å². The molecule has 0 aromatic heterocycles. The highest BCUT2D eigenvalue weighted by Crippen LogP contribution is 2.31. The summed E-state index contributed by atoms with van der Waals surface area (Å²) in [6.45, 7) is 5.07. The Morgan fingerprint density at radius 3 is 2.53 bits per heavy atom. The summed E-state index contributed by atoms with van der Waals surface area (Å²) >= 11 is 0. The smallest absolute Gasteiger partial charge is 0.246 e. The lowest BCUT2D eigenvalue weighted by Crippen LogP contribution is -2.32. The van der Waals surface area contributed by atoms with Crippen LogP contribution in [-0.2, 0) is 14.8 Å². The summed E-state index contributed by atoms with van der Waals surface area (Å²) in [5, 5.41) is 5.95. The van der Waals surface area contributed by atoms with Crippen molar-refractivity contribution in [2.24, 2.45) is 0 Å². The van der Waals surface area contributed by atoms with Crippen LogP contribution in [0.15, 0.2) is 47.4 Å². The summed E-state index contributed by atoms with van der Waals surface area (Å²) in [7, 11) is -2.07. The van der Waals surface area contributed by atoms with Gasteiger partial charge in [-0.2, -0.15) is 4.31 Å². The number of rotatable bonds is 10. The molecule has 0 spiro atoms. The lowest BCUT2D eigenvalue weighted by molar-refractivity contribution is -0.120. The zero-order chi connectivity index (χ0) is 23.1. The number of methoxy groups -OCH3 is 1. The molecule has 2 N–H and O–H groups in total. The zero-order valence-corrected chi connectivity index (χ0v) is 19.6. The molecule has 8 nitrogen and oxygen atoms in total. The molecule has 1 aliphatic rings. The fourth-order valence-corrected chi connectivity index (χ4v) is 5.41. The van der Waals surface area contributed by atoms with Gasteiger partial charge in [0.05, 0.1) is 26.3 Å². The van der Waals surface area contributed by atoms with Gasteiger partial charge in [0.25, 0.3) is 0 Å². The number of hydrogen-bond donors (Lipinski definition) is 2. The molecule has 32 heavy (non-hydrogen) atoms. The van der Waals surface area contributed by atoms with E-state index < -0.39 is 10.0 Å². The fraction of sp³-hybridized carbons (Fsp3) is 0.435. The molecule has 1 heterocycles. The van der Waals surface area contributed by atoms with Crippen molar-refractivity contribution in [2.75, 3.05) is 38.7 Å². The molecule has 1 amide bonds. The summed E-state index contributed by atoms with van der Waals surface area (Å²) in [6.07, 6.45) is 1.71. The molecule has 2 aromatic rings. The number of carbonyl (C=O) groups excluding carboxylic acids is 1. The van der Waals surface area contributed by atoms with Gasteiger partial charge in [0.2, 0.25) is 15.9 Å². The molecule has 0 radical (unpaired) electrons. The molecule has 1 atom stereocenters. The molecule has 9 heteroatoms. The monoisotopic (exact) mass is 461 g/mol. The summed E-state index contributed by atoms with van der Waals surface area (Å²) in [6, 6.07) is 12.1. The minimum Gasteiger partial charge on any atom is -0.496 e. The summed E-state index contributed by atoms with van der Waals surface area (Å²) < 4.78 is 38.6. The van der Waals surface area contributed by atoms with Crippen molar-refractivity contribution in [2.45, 2.75) is 37.6 Å². The number of ether oxygens (including phenoxy) is 2. The Labute approximate surface area is 190 Å². The first-order valence-corrected chi connectivity index (χ1v) is 12.2. The SMILES string of the molecule is CCOc1ccc(NCC(=O)NC(C)c2ccccc2OC)cc1S(=O)(=O)N1CCCC1. The Morgan fingerprint density at radius 2 is 1.84 bits per heavy atom. The number of carbonyl (C=O) groups is 1. The van der Waals surface area contributed by atoms with E-state index in [0.717, 1.165) is 18.4 Å². The van der Waals surface area contributed by atoms with E-state index in [-0.39, 0.29) is 23.4 Å². The maximum Gasteiger partial charge on any atom is 0.246 e. The highest BCUT2D eigenvalue weighted by atomic mass is 32.2. The lowest BCUT2D eigenvalue weighted by atomic mass is 10.1. The van der Waals surface area contributed by atoms with Crippen molar-refractivity contribution in [3.63, 3.8) is 0 Å². The highest BCUT2D eigenvalue weighted by Gasteiger charge is 2.30. The van der Waals surface area contributed by atoms with Crippen LogP contribution >= 0.6 is 0 Å². The zero-order valence-electron chi connectivity index (χ0n) is 18.8. The van der Waals surface area contributed by atoms with Crippen molar-refractivity contribution in [1.82, 2.24) is 9.62 Å². The normalized spacial score (nSPS) is 15.2. The second-order valence-electron chi connectivity index (χ2n) is 7.59. The Morgan fingerprint density at radius 1 is 1.12 bits per heavy atom. The summed E-state index contributed by atoms with van der Waals surface area (Å²) in [5.41, 5.74) is 1.41. The van der Waals surface area contributed by atoms with E-state index in [2.05, 4.69) is 10.6 Å². The van der Waals surface area contributed by atoms with Crippen LogP contribution in [0.5, 0.6) is 11.5 Å². The van der Waals surface area contributed by atoms with Gasteiger partial charge < -0.3 is 20.1 Å². The van der Waals surface area contributed by atoms with E-state index in [0.29, 0.717) is 36.9 Å². The number of amides is 1. The maximum absolute atomic E-state index is 13.1. The van der Waals surface area contributed by atoms with Gasteiger partial charge >= 0.3 is 0 Å². The molecule has 1 saturated heterocycles. The van der Waals surface area contributed by atoms with E-state index >= 15 is 0 Å². The third-order valence-corrected chi connectivity index (χ3v) is 7.28. The Hall–Kier alpha value is -2.78. The van der Waals surface area contributed by atoms with Crippen molar-refractivity contribution >= 4 is 21.6 Å². The van der Waals surface area contributed by atoms with E-state index in [1.807, 2.05) is 38.1 Å². The van der Waals surface area contributed by atoms with Crippen LogP contribution in [0.4, 0.5) is 5.69 Å². The van der Waals surface area contributed by atoms with E-state index in [1.54, 1.807) is 19.2 Å². The summed E-state index contributed by atoms with van der Waals surface area (Å²) in [5.74, 6) is 0.803. The quantitative estimate of drug-likeness (QED) is 0.564. The van der Waals surface area contributed by atoms with Crippen molar-refractivity contribution in [3.8, 4) is 11.5 Å². The molecule has 174 valence electrons. The third kappa shape index (κ3) is 5.52. The largest absolute Gasteiger partial charge is 0.496 e. The number of para-hydroxylation sites is 1. The van der Waals surface area contributed by atoms with Gasteiger partial charge in [-0.15, -0.1) is 0 Å². The Kier molecular flexibility index (Phi) is 7.98. The van der Waals surface area contributed by atoms with Crippen LogP contribution in [0.25, 0.3) is 0 Å². The minimum absolute atomic E-state index is 0.00330. The molecule has 0 bridgehead atoms. The van der Waals surface area contributed by atoms with Gasteiger partial charge in [0, 0.05) is 24.3 Å². The standard InChI is InChI=1S/C23H31N3O5S/c1-4-31-21-12-11-18(15-22(21)32(28,29)26-13-7-8-14-26)24-16-23(27)25-17(2)19-9-5-6-10-20(19)30-3/h5-6,9-12,15,17,24H,4,7-8,13-14,16H2,1-3H3,(H,25,27). The van der Waals surface area contributed by atoms with Crippen LogP contribution in [0, 0.1) is 0 Å². The van der Waals surface area contributed by atoms with E-state index in [1.165, 1.54) is 10.4 Å². The van der Waals surface area contributed by atoms with Gasteiger partial charge in [-0.25, -0.2) is 8.42 Å². The number of anilines is 1. The topological polar surface area (TPSA) is 97.0 Å². The first-order chi connectivity index (χ1) is 15.4. The number of hydrogen-bond acceptors (Lipinski definition) is 6. The molecular formula is C23H31N3O5S. The molecule has 2 aromatic carbocycles. The maximum atomic E-state index is 13.1. The molecule has 0 saturated carbocycles.